The van der Waals surface area contributed by atoms with Crippen LogP contribution in [0.15, 0.2) is 18.2 Å². The van der Waals surface area contributed by atoms with E-state index in [-0.39, 0.29) is 13.2 Å². The Balaban J connectivity index is 1.73. The van der Waals surface area contributed by atoms with E-state index >= 15 is 0 Å². The first-order valence-electron chi connectivity index (χ1n) is 9.50. The van der Waals surface area contributed by atoms with Gasteiger partial charge in [-0.15, -0.1) is 0 Å². The summed E-state index contributed by atoms with van der Waals surface area (Å²) in [7, 11) is -0.602. The summed E-state index contributed by atoms with van der Waals surface area (Å²) in [4.78, 5) is 13.6. The van der Waals surface area contributed by atoms with Crippen LogP contribution in [0, 0.1) is 6.92 Å². The molecule has 0 bridgehead atoms. The zero-order valence-corrected chi connectivity index (χ0v) is 17.2. The Hall–Kier alpha value is -1.78. The fraction of sp³-hybridized carbons (Fsp3) is 0.632. The number of aryl methyl sites for hydroxylation is 1. The predicted octanol–water partition coefficient (Wildman–Crippen LogP) is 3.09. The van der Waals surface area contributed by atoms with E-state index in [9.17, 15) is 18.0 Å². The molecule has 2 aliphatic heterocycles. The quantitative estimate of drug-likeness (QED) is 0.756. The van der Waals surface area contributed by atoms with E-state index in [0.29, 0.717) is 5.69 Å². The Morgan fingerprint density at radius 1 is 1.21 bits per heavy atom. The summed E-state index contributed by atoms with van der Waals surface area (Å²) in [6.45, 7) is 9.09. The molecular formula is C19H26BF3N2O4. The van der Waals surface area contributed by atoms with Crippen molar-refractivity contribution in [2.45, 2.75) is 58.1 Å². The number of alkyl halides is 3. The number of nitrogens with one attached hydrogen (secondary N) is 1. The van der Waals surface area contributed by atoms with E-state index in [4.69, 9.17) is 14.0 Å². The maximum atomic E-state index is 12.9. The zero-order valence-electron chi connectivity index (χ0n) is 17.2. The minimum absolute atomic E-state index is 0.0916. The molecule has 0 radical (unpaired) electrons. The van der Waals surface area contributed by atoms with Crippen LogP contribution in [0.5, 0.6) is 0 Å². The lowest BCUT2D eigenvalue weighted by Crippen LogP contribution is -2.52. The van der Waals surface area contributed by atoms with Crippen LogP contribution in [0.1, 0.15) is 33.3 Å². The summed E-state index contributed by atoms with van der Waals surface area (Å²) in [6, 6.07) is 4.64. The number of anilines is 1. The SMILES string of the molecule is Cc1ccc(NC(=O)N2CCO[C@H](C(F)(F)F)C2)cc1B1OC(C)(C)C(C)(C)O1. The Kier molecular flexibility index (Phi) is 5.66. The van der Waals surface area contributed by atoms with Gasteiger partial charge in [-0.3, -0.25) is 0 Å². The molecule has 1 atom stereocenters. The van der Waals surface area contributed by atoms with Gasteiger partial charge in [0, 0.05) is 12.2 Å². The largest absolute Gasteiger partial charge is 0.495 e. The maximum Gasteiger partial charge on any atom is 0.495 e. The average molecular weight is 414 g/mol. The highest BCUT2D eigenvalue weighted by molar-refractivity contribution is 6.62. The summed E-state index contributed by atoms with van der Waals surface area (Å²) < 4.78 is 55.5. The summed E-state index contributed by atoms with van der Waals surface area (Å²) in [5.74, 6) is 0. The zero-order chi connectivity index (χ0) is 21.6. The molecular weight excluding hydrogens is 388 g/mol. The van der Waals surface area contributed by atoms with Crippen molar-refractivity contribution < 1.29 is 32.0 Å². The third-order valence-electron chi connectivity index (χ3n) is 5.76. The first-order valence-corrected chi connectivity index (χ1v) is 9.50. The average Bonchev–Trinajstić information content (AvgIpc) is 2.83. The number of carbonyl (C=O) groups is 1. The van der Waals surface area contributed by atoms with Gasteiger partial charge in [0.1, 0.15) is 0 Å². The molecule has 6 nitrogen and oxygen atoms in total. The van der Waals surface area contributed by atoms with E-state index in [1.807, 2.05) is 40.7 Å². The number of urea groups is 1. The van der Waals surface area contributed by atoms with Gasteiger partial charge >= 0.3 is 19.3 Å². The number of hydrogen-bond acceptors (Lipinski definition) is 4. The van der Waals surface area contributed by atoms with E-state index in [1.165, 1.54) is 0 Å². The Bertz CT molecular complexity index is 769. The van der Waals surface area contributed by atoms with Gasteiger partial charge in [-0.1, -0.05) is 11.6 Å². The number of benzene rings is 1. The van der Waals surface area contributed by atoms with Gasteiger partial charge in [-0.05, 0) is 52.2 Å². The molecule has 2 amide bonds. The number of hydrogen-bond donors (Lipinski definition) is 1. The second-order valence-corrected chi connectivity index (χ2v) is 8.44. The highest BCUT2D eigenvalue weighted by atomic mass is 19.4. The Labute approximate surface area is 168 Å². The second-order valence-electron chi connectivity index (χ2n) is 8.44. The lowest BCUT2D eigenvalue weighted by molar-refractivity contribution is -0.233. The molecule has 0 spiro atoms. The number of ether oxygens (including phenoxy) is 1. The van der Waals surface area contributed by atoms with Crippen LogP contribution in [0.4, 0.5) is 23.7 Å². The van der Waals surface area contributed by atoms with Gasteiger partial charge in [0.2, 0.25) is 0 Å². The molecule has 3 rings (SSSR count). The van der Waals surface area contributed by atoms with Crippen molar-refractivity contribution >= 4 is 24.3 Å². The molecule has 1 aromatic rings. The molecule has 0 unspecified atom stereocenters. The van der Waals surface area contributed by atoms with Crippen LogP contribution in [0.2, 0.25) is 0 Å². The molecule has 2 saturated heterocycles. The van der Waals surface area contributed by atoms with Gasteiger partial charge < -0.3 is 24.3 Å². The van der Waals surface area contributed by atoms with Gasteiger partial charge in [-0.25, -0.2) is 4.79 Å². The number of rotatable bonds is 2. The van der Waals surface area contributed by atoms with Gasteiger partial charge in [0.15, 0.2) is 6.10 Å². The second kappa shape index (κ2) is 7.48. The molecule has 1 N–H and O–H groups in total. The molecule has 0 saturated carbocycles. The lowest BCUT2D eigenvalue weighted by atomic mass is 9.76. The molecule has 2 aliphatic rings. The van der Waals surface area contributed by atoms with Crippen molar-refractivity contribution in [3.63, 3.8) is 0 Å². The van der Waals surface area contributed by atoms with Crippen LogP contribution in [-0.4, -0.2) is 61.2 Å². The van der Waals surface area contributed by atoms with E-state index in [1.54, 1.807) is 12.1 Å². The van der Waals surface area contributed by atoms with E-state index in [2.05, 4.69) is 5.32 Å². The highest BCUT2D eigenvalue weighted by Crippen LogP contribution is 2.37. The molecule has 0 aromatic heterocycles. The van der Waals surface area contributed by atoms with Gasteiger partial charge in [-0.2, -0.15) is 13.2 Å². The molecule has 0 aliphatic carbocycles. The normalized spacial score (nSPS) is 23.9. The van der Waals surface area contributed by atoms with Crippen molar-refractivity contribution in [2.24, 2.45) is 0 Å². The molecule has 160 valence electrons. The van der Waals surface area contributed by atoms with E-state index < -0.39 is 43.2 Å². The van der Waals surface area contributed by atoms with Crippen molar-refractivity contribution in [3.05, 3.63) is 23.8 Å². The smallest absolute Gasteiger partial charge is 0.399 e. The van der Waals surface area contributed by atoms with E-state index in [0.717, 1.165) is 15.9 Å². The van der Waals surface area contributed by atoms with Crippen molar-refractivity contribution in [3.8, 4) is 0 Å². The van der Waals surface area contributed by atoms with Crippen molar-refractivity contribution in [1.82, 2.24) is 4.90 Å². The summed E-state index contributed by atoms with van der Waals surface area (Å²) in [5.41, 5.74) is 1.12. The molecule has 2 heterocycles. The number of amides is 2. The van der Waals surface area contributed by atoms with Gasteiger partial charge in [0.25, 0.3) is 0 Å². The first-order chi connectivity index (χ1) is 13.3. The van der Waals surface area contributed by atoms with Crippen molar-refractivity contribution in [2.75, 3.05) is 25.0 Å². The summed E-state index contributed by atoms with van der Waals surface area (Å²) >= 11 is 0. The third kappa shape index (κ3) is 4.54. The number of morpholine rings is 1. The predicted molar refractivity (Wildman–Crippen MR) is 103 cm³/mol. The molecule has 1 aromatic carbocycles. The minimum Gasteiger partial charge on any atom is -0.399 e. The molecule has 10 heteroatoms. The van der Waals surface area contributed by atoms with Crippen LogP contribution in [0.3, 0.4) is 0 Å². The Morgan fingerprint density at radius 3 is 2.41 bits per heavy atom. The lowest BCUT2D eigenvalue weighted by Gasteiger charge is -2.33. The fourth-order valence-corrected chi connectivity index (χ4v) is 3.18. The summed E-state index contributed by atoms with van der Waals surface area (Å²) in [6.07, 6.45) is -6.48. The van der Waals surface area contributed by atoms with Crippen LogP contribution in [0.25, 0.3) is 0 Å². The van der Waals surface area contributed by atoms with Crippen molar-refractivity contribution in [1.29, 1.82) is 0 Å². The van der Waals surface area contributed by atoms with Gasteiger partial charge in [0.05, 0.1) is 24.4 Å². The number of carbonyl (C=O) groups excluding carboxylic acids is 1. The highest BCUT2D eigenvalue weighted by Gasteiger charge is 2.52. The minimum atomic E-state index is -4.51. The third-order valence-corrected chi connectivity index (χ3v) is 5.76. The topological polar surface area (TPSA) is 60.0 Å². The maximum absolute atomic E-state index is 12.9. The van der Waals surface area contributed by atoms with Crippen LogP contribution >= 0.6 is 0 Å². The number of nitrogens with zero attached hydrogens (tertiary/aromatic N) is 1. The van der Waals surface area contributed by atoms with Crippen LogP contribution < -0.4 is 10.8 Å². The van der Waals surface area contributed by atoms with Crippen LogP contribution in [-0.2, 0) is 14.0 Å². The Morgan fingerprint density at radius 2 is 1.83 bits per heavy atom. The molecule has 2 fully saturated rings. The monoisotopic (exact) mass is 414 g/mol. The fourth-order valence-electron chi connectivity index (χ4n) is 3.18. The number of halogens is 3. The molecule has 29 heavy (non-hydrogen) atoms. The standard InChI is InChI=1S/C19H26BF3N2O4/c1-12-6-7-13(10-14(12)20-28-17(2,3)18(4,5)29-20)24-16(26)25-8-9-27-15(11-25)19(21,22)23/h6-7,10,15H,8-9,11H2,1-5H3,(H,24,26)/t15-/m0/s1. The summed E-state index contributed by atoms with van der Waals surface area (Å²) in [5, 5.41) is 2.67. The first kappa shape index (κ1) is 21.9.